The summed E-state index contributed by atoms with van der Waals surface area (Å²) in [5, 5.41) is 2.74. The summed E-state index contributed by atoms with van der Waals surface area (Å²) in [4.78, 5) is 14.5. The van der Waals surface area contributed by atoms with E-state index in [9.17, 15) is 13.6 Å². The Morgan fingerprint density at radius 1 is 1.42 bits per heavy atom. The van der Waals surface area contributed by atoms with E-state index in [-0.39, 0.29) is 17.4 Å². The Balaban J connectivity index is 1.89. The smallest absolute Gasteiger partial charge is 0.387 e. The molecule has 1 fully saturated rings. The van der Waals surface area contributed by atoms with Gasteiger partial charge in [0.15, 0.2) is 0 Å². The zero-order valence-electron chi connectivity index (χ0n) is 14.0. The van der Waals surface area contributed by atoms with Crippen molar-refractivity contribution in [1.29, 1.82) is 0 Å². The summed E-state index contributed by atoms with van der Waals surface area (Å²) in [6, 6.07) is 5.96. The van der Waals surface area contributed by atoms with Gasteiger partial charge in [-0.05, 0) is 18.1 Å². The van der Waals surface area contributed by atoms with E-state index in [0.717, 1.165) is 19.6 Å². The van der Waals surface area contributed by atoms with Crippen LogP contribution in [0.4, 0.5) is 8.78 Å². The number of carbonyl (C=O) groups excluding carboxylic acids is 1. The molecule has 1 aliphatic heterocycles. The van der Waals surface area contributed by atoms with Crippen LogP contribution in [0.25, 0.3) is 0 Å². The van der Waals surface area contributed by atoms with Crippen molar-refractivity contribution in [3.63, 3.8) is 0 Å². The van der Waals surface area contributed by atoms with Crippen molar-refractivity contribution in [3.8, 4) is 5.75 Å². The average Bonchev–Trinajstić information content (AvgIpc) is 2.52. The van der Waals surface area contributed by atoms with Crippen molar-refractivity contribution >= 4 is 5.91 Å². The minimum atomic E-state index is -2.97. The second-order valence-electron chi connectivity index (χ2n) is 6.23. The number of hydrogen-bond acceptors (Lipinski definition) is 4. The van der Waals surface area contributed by atoms with E-state index in [1.54, 1.807) is 12.1 Å². The lowest BCUT2D eigenvalue weighted by atomic mass is 10.1. The van der Waals surface area contributed by atoms with E-state index < -0.39 is 12.5 Å². The third-order valence-electron chi connectivity index (χ3n) is 3.68. The van der Waals surface area contributed by atoms with E-state index in [0.29, 0.717) is 19.1 Å². The van der Waals surface area contributed by atoms with Crippen molar-refractivity contribution in [2.24, 2.45) is 5.92 Å². The Morgan fingerprint density at radius 2 is 2.17 bits per heavy atom. The molecule has 0 radical (unpaired) electrons. The van der Waals surface area contributed by atoms with Crippen LogP contribution in [0, 0.1) is 5.92 Å². The maximum atomic E-state index is 12.4. The minimum absolute atomic E-state index is 0.0904. The number of nitrogens with zero attached hydrogens (tertiary/aromatic N) is 1. The van der Waals surface area contributed by atoms with Gasteiger partial charge in [-0.2, -0.15) is 8.78 Å². The van der Waals surface area contributed by atoms with Crippen LogP contribution >= 0.6 is 0 Å². The Morgan fingerprint density at radius 3 is 2.88 bits per heavy atom. The van der Waals surface area contributed by atoms with Crippen LogP contribution in [0.15, 0.2) is 24.3 Å². The highest BCUT2D eigenvalue weighted by Gasteiger charge is 2.22. The topological polar surface area (TPSA) is 50.8 Å². The second kappa shape index (κ2) is 8.94. The van der Waals surface area contributed by atoms with Crippen molar-refractivity contribution < 1.29 is 23.0 Å². The van der Waals surface area contributed by atoms with Gasteiger partial charge in [0, 0.05) is 26.2 Å². The molecule has 1 N–H and O–H groups in total. The monoisotopic (exact) mass is 342 g/mol. The van der Waals surface area contributed by atoms with Crippen LogP contribution in [0.1, 0.15) is 24.2 Å². The summed E-state index contributed by atoms with van der Waals surface area (Å²) in [5.41, 5.74) is 0.0904. The molecule has 1 saturated heterocycles. The summed E-state index contributed by atoms with van der Waals surface area (Å²) in [6.07, 6.45) is -0.107. The molecule has 1 aromatic carbocycles. The Labute approximate surface area is 140 Å². The van der Waals surface area contributed by atoms with Gasteiger partial charge in [0.2, 0.25) is 0 Å². The summed E-state index contributed by atoms with van der Waals surface area (Å²) < 4.78 is 34.9. The molecule has 1 aromatic rings. The number of morpholine rings is 1. The zero-order valence-corrected chi connectivity index (χ0v) is 14.0. The summed E-state index contributed by atoms with van der Waals surface area (Å²) in [5.74, 6) is -0.0106. The predicted octanol–water partition coefficient (Wildman–Crippen LogP) is 2.37. The number of benzene rings is 1. The number of para-hydroxylation sites is 1. The lowest BCUT2D eigenvalue weighted by Crippen LogP contribution is -2.48. The molecular weight excluding hydrogens is 318 g/mol. The molecule has 2 rings (SSSR count). The lowest BCUT2D eigenvalue weighted by molar-refractivity contribution is -0.0502. The van der Waals surface area contributed by atoms with Gasteiger partial charge in [0.25, 0.3) is 5.91 Å². The van der Waals surface area contributed by atoms with Gasteiger partial charge in [0.1, 0.15) is 5.75 Å². The largest absolute Gasteiger partial charge is 0.434 e. The van der Waals surface area contributed by atoms with E-state index >= 15 is 0 Å². The van der Waals surface area contributed by atoms with Crippen LogP contribution in [0.5, 0.6) is 5.75 Å². The van der Waals surface area contributed by atoms with E-state index in [1.807, 2.05) is 0 Å². The molecule has 24 heavy (non-hydrogen) atoms. The molecule has 5 nitrogen and oxygen atoms in total. The first-order valence-corrected chi connectivity index (χ1v) is 8.11. The molecule has 1 unspecified atom stereocenters. The van der Waals surface area contributed by atoms with Crippen LogP contribution in [-0.4, -0.2) is 56.3 Å². The van der Waals surface area contributed by atoms with Gasteiger partial charge in [-0.1, -0.05) is 26.0 Å². The Kier molecular flexibility index (Phi) is 6.93. The van der Waals surface area contributed by atoms with E-state index in [4.69, 9.17) is 4.74 Å². The highest BCUT2D eigenvalue weighted by atomic mass is 19.3. The molecule has 0 spiro atoms. The number of amides is 1. The number of rotatable bonds is 7. The third-order valence-corrected chi connectivity index (χ3v) is 3.68. The van der Waals surface area contributed by atoms with E-state index in [2.05, 4.69) is 28.8 Å². The van der Waals surface area contributed by atoms with Crippen LogP contribution in [0.2, 0.25) is 0 Å². The molecule has 1 amide bonds. The molecule has 0 bridgehead atoms. The first-order chi connectivity index (χ1) is 11.5. The van der Waals surface area contributed by atoms with Gasteiger partial charge in [-0.3, -0.25) is 9.69 Å². The van der Waals surface area contributed by atoms with Gasteiger partial charge >= 0.3 is 6.61 Å². The number of carbonyl (C=O) groups is 1. The first kappa shape index (κ1) is 18.6. The summed E-state index contributed by atoms with van der Waals surface area (Å²) in [7, 11) is 0. The van der Waals surface area contributed by atoms with Gasteiger partial charge < -0.3 is 14.8 Å². The molecule has 1 aliphatic rings. The quantitative estimate of drug-likeness (QED) is 0.827. The minimum Gasteiger partial charge on any atom is -0.434 e. The molecule has 1 atom stereocenters. The highest BCUT2D eigenvalue weighted by Crippen LogP contribution is 2.20. The van der Waals surface area contributed by atoms with Crippen molar-refractivity contribution in [3.05, 3.63) is 29.8 Å². The SMILES string of the molecule is CC(C)CN1CCOC(CNC(=O)c2ccccc2OC(F)F)C1. The van der Waals surface area contributed by atoms with Crippen molar-refractivity contribution in [2.75, 3.05) is 32.8 Å². The Hall–Kier alpha value is -1.73. The van der Waals surface area contributed by atoms with Crippen LogP contribution in [-0.2, 0) is 4.74 Å². The molecule has 7 heteroatoms. The van der Waals surface area contributed by atoms with Gasteiger partial charge in [0.05, 0.1) is 18.3 Å². The fourth-order valence-corrected chi connectivity index (χ4v) is 2.74. The molecule has 134 valence electrons. The molecule has 0 saturated carbocycles. The average molecular weight is 342 g/mol. The number of alkyl halides is 2. The normalized spacial score (nSPS) is 18.8. The standard InChI is InChI=1S/C17H24F2N2O3/c1-12(2)10-21-7-8-23-13(11-21)9-20-16(22)14-5-3-4-6-15(14)24-17(18)19/h3-6,12-13,17H,7-11H2,1-2H3,(H,20,22). The summed E-state index contributed by atoms with van der Waals surface area (Å²) >= 11 is 0. The molecule has 0 aromatic heterocycles. The van der Waals surface area contributed by atoms with Gasteiger partial charge in [-0.25, -0.2) is 0 Å². The lowest BCUT2D eigenvalue weighted by Gasteiger charge is -2.34. The number of halogens is 2. The maximum absolute atomic E-state index is 12.4. The number of ether oxygens (including phenoxy) is 2. The predicted molar refractivity (Wildman–Crippen MR) is 86.4 cm³/mol. The van der Waals surface area contributed by atoms with Crippen molar-refractivity contribution in [1.82, 2.24) is 10.2 Å². The van der Waals surface area contributed by atoms with Crippen LogP contribution < -0.4 is 10.1 Å². The van der Waals surface area contributed by atoms with Gasteiger partial charge in [-0.15, -0.1) is 0 Å². The Bertz CT molecular complexity index is 540. The number of hydrogen-bond donors (Lipinski definition) is 1. The third kappa shape index (κ3) is 5.72. The molecule has 0 aliphatic carbocycles. The second-order valence-corrected chi connectivity index (χ2v) is 6.23. The fraction of sp³-hybridized carbons (Fsp3) is 0.588. The molecule has 1 heterocycles. The maximum Gasteiger partial charge on any atom is 0.387 e. The fourth-order valence-electron chi connectivity index (χ4n) is 2.74. The summed E-state index contributed by atoms with van der Waals surface area (Å²) in [6.45, 7) is 4.91. The number of nitrogens with one attached hydrogen (secondary N) is 1. The molecular formula is C17H24F2N2O3. The highest BCUT2D eigenvalue weighted by molar-refractivity contribution is 5.96. The van der Waals surface area contributed by atoms with Crippen molar-refractivity contribution in [2.45, 2.75) is 26.6 Å². The zero-order chi connectivity index (χ0) is 17.5. The van der Waals surface area contributed by atoms with Crippen LogP contribution in [0.3, 0.4) is 0 Å². The first-order valence-electron chi connectivity index (χ1n) is 8.11. The van der Waals surface area contributed by atoms with E-state index in [1.165, 1.54) is 12.1 Å².